The number of carbonyl (C=O) groups excluding carboxylic acids is 1. The lowest BCUT2D eigenvalue weighted by Gasteiger charge is -2.36. The van der Waals surface area contributed by atoms with Gasteiger partial charge in [-0.25, -0.2) is 4.79 Å². The molecule has 2 aliphatic heterocycles. The highest BCUT2D eigenvalue weighted by Gasteiger charge is 2.48. The standard InChI is InChI=1S/C24H30F2N4O3/c1-14(2)16-7-5-6-8-18(16)30(20-13-15-9-11-19(20)29(15)3)24(31)27-17-10-12-21(32-4)28-22(17)33-23(25)26/h5-8,10,12,14-15,19-20,23H,9,11,13H2,1-4H3,(H,27,31). The molecule has 3 atom stereocenters. The Bertz CT molecular complexity index is 1000. The maximum atomic E-state index is 13.7. The lowest BCUT2D eigenvalue weighted by Crippen LogP contribution is -2.49. The molecular formula is C24H30F2N4O3. The molecule has 9 heteroatoms. The van der Waals surface area contributed by atoms with Crippen LogP contribution in [0.3, 0.4) is 0 Å². The van der Waals surface area contributed by atoms with Gasteiger partial charge in [-0.15, -0.1) is 0 Å². The summed E-state index contributed by atoms with van der Waals surface area (Å²) in [6.45, 7) is 1.09. The van der Waals surface area contributed by atoms with Gasteiger partial charge in [0.25, 0.3) is 0 Å². The number of amides is 2. The van der Waals surface area contributed by atoms with Gasteiger partial charge in [0.15, 0.2) is 0 Å². The van der Waals surface area contributed by atoms with Gasteiger partial charge in [-0.1, -0.05) is 32.0 Å². The molecule has 0 aliphatic carbocycles. The molecule has 0 saturated carbocycles. The number of hydrogen-bond acceptors (Lipinski definition) is 5. The van der Waals surface area contributed by atoms with E-state index in [0.717, 1.165) is 30.5 Å². The Morgan fingerprint density at radius 3 is 2.58 bits per heavy atom. The van der Waals surface area contributed by atoms with Crippen LogP contribution in [0.1, 0.15) is 44.6 Å². The molecule has 33 heavy (non-hydrogen) atoms. The second kappa shape index (κ2) is 9.51. The zero-order valence-electron chi connectivity index (χ0n) is 19.3. The van der Waals surface area contributed by atoms with Crippen molar-refractivity contribution in [2.24, 2.45) is 0 Å². The summed E-state index contributed by atoms with van der Waals surface area (Å²) in [4.78, 5) is 21.8. The third kappa shape index (κ3) is 4.59. The minimum absolute atomic E-state index is 0.0284. The topological polar surface area (TPSA) is 66.9 Å². The van der Waals surface area contributed by atoms with E-state index in [1.54, 1.807) is 4.90 Å². The Balaban J connectivity index is 1.71. The number of urea groups is 1. The van der Waals surface area contributed by atoms with Gasteiger partial charge in [0, 0.05) is 23.8 Å². The van der Waals surface area contributed by atoms with Crippen LogP contribution in [0.4, 0.5) is 25.0 Å². The lowest BCUT2D eigenvalue weighted by atomic mass is 9.92. The molecule has 3 unspecified atom stereocenters. The number of anilines is 2. The molecule has 1 aromatic carbocycles. The highest BCUT2D eigenvalue weighted by Crippen LogP contribution is 2.42. The van der Waals surface area contributed by atoms with Crippen molar-refractivity contribution in [3.8, 4) is 11.8 Å². The van der Waals surface area contributed by atoms with Crippen molar-refractivity contribution in [2.45, 2.75) is 63.8 Å². The molecule has 4 rings (SSSR count). The summed E-state index contributed by atoms with van der Waals surface area (Å²) in [6.07, 6.45) is 3.00. The summed E-state index contributed by atoms with van der Waals surface area (Å²) in [5.41, 5.74) is 1.94. The van der Waals surface area contributed by atoms with Crippen LogP contribution in [0, 0.1) is 0 Å². The van der Waals surface area contributed by atoms with Crippen LogP contribution in [0.2, 0.25) is 0 Å². The number of aromatic nitrogens is 1. The molecule has 2 amide bonds. The number of hydrogen-bond donors (Lipinski definition) is 1. The zero-order chi connectivity index (χ0) is 23.7. The van der Waals surface area contributed by atoms with Crippen molar-refractivity contribution in [3.05, 3.63) is 42.0 Å². The Hall–Kier alpha value is -2.94. The van der Waals surface area contributed by atoms with E-state index >= 15 is 0 Å². The molecule has 3 heterocycles. The SMILES string of the molecule is COc1ccc(NC(=O)N(c2ccccc2C(C)C)C2CC3CCC2N3C)c(OC(F)F)n1. The normalized spacial score (nSPS) is 22.1. The maximum absolute atomic E-state index is 13.7. The molecule has 2 aliphatic rings. The van der Waals surface area contributed by atoms with Crippen LogP contribution < -0.4 is 19.7 Å². The lowest BCUT2D eigenvalue weighted by molar-refractivity contribution is -0.0525. The van der Waals surface area contributed by atoms with Gasteiger partial charge in [0.05, 0.1) is 13.2 Å². The number of benzene rings is 1. The fraction of sp³-hybridized carbons (Fsp3) is 0.500. The van der Waals surface area contributed by atoms with Gasteiger partial charge in [-0.3, -0.25) is 9.80 Å². The molecule has 0 radical (unpaired) electrons. The molecule has 2 saturated heterocycles. The summed E-state index contributed by atoms with van der Waals surface area (Å²) in [7, 11) is 3.48. The van der Waals surface area contributed by atoms with Crippen molar-refractivity contribution in [1.29, 1.82) is 0 Å². The van der Waals surface area contributed by atoms with Gasteiger partial charge in [-0.2, -0.15) is 13.8 Å². The van der Waals surface area contributed by atoms with Crippen LogP contribution >= 0.6 is 0 Å². The minimum Gasteiger partial charge on any atom is -0.481 e. The van der Waals surface area contributed by atoms with E-state index in [-0.39, 0.29) is 35.4 Å². The summed E-state index contributed by atoms with van der Waals surface area (Å²) in [6, 6.07) is 11.0. The summed E-state index contributed by atoms with van der Waals surface area (Å²) >= 11 is 0. The quantitative estimate of drug-likeness (QED) is 0.624. The first-order chi connectivity index (χ1) is 15.8. The number of methoxy groups -OCH3 is 1. The number of pyridine rings is 1. The number of nitrogens with zero attached hydrogens (tertiary/aromatic N) is 3. The fourth-order valence-corrected chi connectivity index (χ4v) is 5.12. The number of halogens is 2. The molecule has 0 spiro atoms. The summed E-state index contributed by atoms with van der Waals surface area (Å²) in [5.74, 6) is -0.0755. The van der Waals surface area contributed by atoms with Gasteiger partial charge in [-0.05, 0) is 49.9 Å². The average molecular weight is 461 g/mol. The summed E-state index contributed by atoms with van der Waals surface area (Å²) in [5, 5.41) is 2.78. The first-order valence-electron chi connectivity index (χ1n) is 11.2. The average Bonchev–Trinajstić information content (AvgIpc) is 3.29. The number of alkyl halides is 2. The van der Waals surface area contributed by atoms with E-state index in [0.29, 0.717) is 6.04 Å². The smallest absolute Gasteiger partial charge is 0.388 e. The van der Waals surface area contributed by atoms with E-state index < -0.39 is 12.6 Å². The molecule has 1 aromatic heterocycles. The molecule has 2 fully saturated rings. The van der Waals surface area contributed by atoms with Gasteiger partial charge >= 0.3 is 12.6 Å². The number of rotatable bonds is 7. The Labute approximate surface area is 192 Å². The zero-order valence-corrected chi connectivity index (χ0v) is 19.3. The molecule has 2 aromatic rings. The number of carbonyl (C=O) groups is 1. The van der Waals surface area contributed by atoms with Crippen molar-refractivity contribution < 1.29 is 23.0 Å². The minimum atomic E-state index is -3.09. The van der Waals surface area contributed by atoms with Gasteiger partial charge in [0.2, 0.25) is 11.8 Å². The van der Waals surface area contributed by atoms with E-state index in [2.05, 4.69) is 40.8 Å². The van der Waals surface area contributed by atoms with E-state index in [9.17, 15) is 13.6 Å². The third-order valence-corrected chi connectivity index (χ3v) is 6.71. The predicted octanol–water partition coefficient (Wildman–Crippen LogP) is 5.09. The highest BCUT2D eigenvalue weighted by atomic mass is 19.3. The number of ether oxygens (including phenoxy) is 2. The Morgan fingerprint density at radius 1 is 1.21 bits per heavy atom. The first kappa shape index (κ1) is 23.2. The molecule has 178 valence electrons. The number of nitrogens with one attached hydrogen (secondary N) is 1. The van der Waals surface area contributed by atoms with Gasteiger partial charge in [0.1, 0.15) is 5.69 Å². The monoisotopic (exact) mass is 460 g/mol. The highest BCUT2D eigenvalue weighted by molar-refractivity contribution is 6.03. The van der Waals surface area contributed by atoms with Crippen molar-refractivity contribution in [2.75, 3.05) is 24.4 Å². The molecule has 2 bridgehead atoms. The number of likely N-dealkylation sites (N-methyl/N-ethyl adjacent to an activating group) is 1. The van der Waals surface area contributed by atoms with E-state index in [1.165, 1.54) is 19.2 Å². The van der Waals surface area contributed by atoms with Crippen molar-refractivity contribution >= 4 is 17.4 Å². The Kier molecular flexibility index (Phi) is 6.69. The Morgan fingerprint density at radius 2 is 1.97 bits per heavy atom. The van der Waals surface area contributed by atoms with Gasteiger partial charge < -0.3 is 14.8 Å². The van der Waals surface area contributed by atoms with Crippen LogP contribution in [-0.4, -0.2) is 54.8 Å². The predicted molar refractivity (Wildman–Crippen MR) is 122 cm³/mol. The van der Waals surface area contributed by atoms with Crippen molar-refractivity contribution in [1.82, 2.24) is 9.88 Å². The summed E-state index contributed by atoms with van der Waals surface area (Å²) < 4.78 is 35.6. The molecule has 1 N–H and O–H groups in total. The van der Waals surface area contributed by atoms with Crippen LogP contribution in [0.25, 0.3) is 0 Å². The molecular weight excluding hydrogens is 430 g/mol. The van der Waals surface area contributed by atoms with Crippen molar-refractivity contribution in [3.63, 3.8) is 0 Å². The third-order valence-electron chi connectivity index (χ3n) is 6.71. The van der Waals surface area contributed by atoms with E-state index in [4.69, 9.17) is 4.74 Å². The van der Waals surface area contributed by atoms with Crippen LogP contribution in [0.15, 0.2) is 36.4 Å². The molecule has 7 nitrogen and oxygen atoms in total. The second-order valence-corrected chi connectivity index (χ2v) is 8.87. The fourth-order valence-electron chi connectivity index (χ4n) is 5.12. The maximum Gasteiger partial charge on any atom is 0.388 e. The second-order valence-electron chi connectivity index (χ2n) is 8.87. The number of fused-ring (bicyclic) bond motifs is 2. The number of para-hydroxylation sites is 1. The first-order valence-corrected chi connectivity index (χ1v) is 11.2. The largest absolute Gasteiger partial charge is 0.481 e. The van der Waals surface area contributed by atoms with E-state index in [1.807, 2.05) is 24.3 Å². The van der Waals surface area contributed by atoms with Crippen LogP contribution in [-0.2, 0) is 0 Å². The van der Waals surface area contributed by atoms with Crippen LogP contribution in [0.5, 0.6) is 11.8 Å².